The van der Waals surface area contributed by atoms with Crippen LogP contribution in [0.2, 0.25) is 0 Å². The lowest BCUT2D eigenvalue weighted by Crippen LogP contribution is -2.54. The largest absolute Gasteiger partial charge is 0.493 e. The molecule has 19 nitrogen and oxygen atoms in total. The lowest BCUT2D eigenvalue weighted by Gasteiger charge is -2.38. The summed E-state index contributed by atoms with van der Waals surface area (Å²) in [4.78, 5) is 79.4. The summed E-state index contributed by atoms with van der Waals surface area (Å²) in [5.74, 6) is -1.28. The summed E-state index contributed by atoms with van der Waals surface area (Å²) in [7, 11) is 3.03. The number of methoxy groups -OCH3 is 1. The first-order valence-corrected chi connectivity index (χ1v) is 18.5. The van der Waals surface area contributed by atoms with Gasteiger partial charge in [0.2, 0.25) is 17.6 Å². The molecule has 3 atom stereocenters. The Kier molecular flexibility index (Phi) is 12.9. The first-order valence-electron chi connectivity index (χ1n) is 18.5. The number of carbonyl (C=O) groups excluding carboxylic acids is 5. The summed E-state index contributed by atoms with van der Waals surface area (Å²) in [5.41, 5.74) is 0.454. The standard InChI is InChI=1S/C37H46N8O11/c1-5-15-55-37(50)45-24-19-26(25(51-4)18-22(24)34(48)44-14-9-11-23(44)35(45)56-30-13-7-8-16-54-30)53-17-10-12-29(46)39-28-21-43(3)32(41-28)33(47)42-27-20-38-31(40-27)36(49)52-6-2/h5,18-21,23,30,35H,1,6-17H2,2-4H3,(H,38,40)(H,39,46)(H,42,47)/t23-,30?,35?/m0/s1. The number of benzene rings is 1. The van der Waals surface area contributed by atoms with E-state index < -0.39 is 36.5 Å². The van der Waals surface area contributed by atoms with Gasteiger partial charge in [-0.3, -0.25) is 14.4 Å². The van der Waals surface area contributed by atoms with E-state index in [0.717, 1.165) is 19.3 Å². The van der Waals surface area contributed by atoms with E-state index in [-0.39, 0.29) is 90.5 Å². The summed E-state index contributed by atoms with van der Waals surface area (Å²) < 4.78 is 36.0. The van der Waals surface area contributed by atoms with Crippen molar-refractivity contribution in [2.45, 2.75) is 70.4 Å². The minimum Gasteiger partial charge on any atom is -0.493 e. The van der Waals surface area contributed by atoms with Crippen LogP contribution in [0.5, 0.6) is 11.5 Å². The SMILES string of the molecule is C=CCOC(=O)N1c2cc(OCCCC(=O)Nc3cn(C)c(C(=O)Nc4c[nH]c(C(=O)OCC)n4)n3)c(OC)cc2C(=O)N2CCC[C@H]2C1OC1CCCCO1. The van der Waals surface area contributed by atoms with Crippen LogP contribution >= 0.6 is 0 Å². The number of fused-ring (bicyclic) bond motifs is 2. The number of ether oxygens (including phenoxy) is 6. The topological polar surface area (TPSA) is 218 Å². The van der Waals surface area contributed by atoms with Gasteiger partial charge in [-0.25, -0.2) is 24.5 Å². The Hall–Kier alpha value is -5.95. The van der Waals surface area contributed by atoms with E-state index in [1.165, 1.54) is 35.0 Å². The molecule has 1 aromatic carbocycles. The van der Waals surface area contributed by atoms with Crippen molar-refractivity contribution in [2.24, 2.45) is 7.05 Å². The van der Waals surface area contributed by atoms with Crippen molar-refractivity contribution >= 4 is 47.1 Å². The monoisotopic (exact) mass is 778 g/mol. The first-order chi connectivity index (χ1) is 27.1. The van der Waals surface area contributed by atoms with E-state index in [4.69, 9.17) is 28.4 Å². The van der Waals surface area contributed by atoms with Gasteiger partial charge < -0.3 is 53.5 Å². The number of rotatable bonds is 15. The maximum absolute atomic E-state index is 14.0. The lowest BCUT2D eigenvalue weighted by atomic mass is 10.1. The van der Waals surface area contributed by atoms with Crippen molar-refractivity contribution in [3.05, 3.63) is 54.4 Å². The Morgan fingerprint density at radius 1 is 1.07 bits per heavy atom. The zero-order valence-corrected chi connectivity index (χ0v) is 31.5. The maximum atomic E-state index is 14.0. The van der Waals surface area contributed by atoms with Crippen molar-refractivity contribution in [3.63, 3.8) is 0 Å². The van der Waals surface area contributed by atoms with Crippen LogP contribution in [0.25, 0.3) is 0 Å². The molecule has 0 radical (unpaired) electrons. The van der Waals surface area contributed by atoms with Gasteiger partial charge in [0.1, 0.15) is 6.61 Å². The first kappa shape index (κ1) is 39.7. The molecular formula is C37H46N8O11. The van der Waals surface area contributed by atoms with Crippen LogP contribution < -0.4 is 25.0 Å². The van der Waals surface area contributed by atoms with Gasteiger partial charge in [0.05, 0.1) is 37.6 Å². The number of amides is 4. The smallest absolute Gasteiger partial charge is 0.416 e. The highest BCUT2D eigenvalue weighted by Gasteiger charge is 2.48. The molecule has 2 aromatic heterocycles. The average molecular weight is 779 g/mol. The van der Waals surface area contributed by atoms with E-state index >= 15 is 0 Å². The number of H-pyrrole nitrogens is 1. The van der Waals surface area contributed by atoms with Gasteiger partial charge in [-0.05, 0) is 51.5 Å². The molecule has 19 heteroatoms. The molecule has 3 aliphatic rings. The number of esters is 1. The molecule has 6 rings (SSSR count). The van der Waals surface area contributed by atoms with Gasteiger partial charge >= 0.3 is 12.1 Å². The molecular weight excluding hydrogens is 732 g/mol. The summed E-state index contributed by atoms with van der Waals surface area (Å²) in [6.07, 6.45) is 6.20. The minimum absolute atomic E-state index is 0.0140. The maximum Gasteiger partial charge on any atom is 0.416 e. The third kappa shape index (κ3) is 8.94. The summed E-state index contributed by atoms with van der Waals surface area (Å²) in [5, 5.41) is 5.22. The van der Waals surface area contributed by atoms with Gasteiger partial charge in [-0.1, -0.05) is 12.7 Å². The van der Waals surface area contributed by atoms with Crippen LogP contribution in [0.1, 0.15) is 83.5 Å². The number of hydrogen-bond donors (Lipinski definition) is 3. The highest BCUT2D eigenvalue weighted by molar-refractivity contribution is 6.06. The molecule has 56 heavy (non-hydrogen) atoms. The Morgan fingerprint density at radius 2 is 1.91 bits per heavy atom. The van der Waals surface area contributed by atoms with Gasteiger partial charge in [-0.15, -0.1) is 0 Å². The van der Waals surface area contributed by atoms with E-state index in [0.29, 0.717) is 26.0 Å². The molecule has 3 aliphatic heterocycles. The highest BCUT2D eigenvalue weighted by atomic mass is 16.7. The fourth-order valence-electron chi connectivity index (χ4n) is 6.74. The number of nitrogens with one attached hydrogen (secondary N) is 3. The van der Waals surface area contributed by atoms with Gasteiger partial charge in [0, 0.05) is 45.1 Å². The van der Waals surface area contributed by atoms with Gasteiger partial charge in [0.15, 0.2) is 35.7 Å². The van der Waals surface area contributed by atoms with Crippen LogP contribution in [0.15, 0.2) is 37.2 Å². The third-order valence-electron chi connectivity index (χ3n) is 9.31. The number of aromatic nitrogens is 4. The predicted octanol–water partition coefficient (Wildman–Crippen LogP) is 4.00. The van der Waals surface area contributed by atoms with Crippen molar-refractivity contribution < 1.29 is 52.4 Å². The summed E-state index contributed by atoms with van der Waals surface area (Å²) >= 11 is 0. The van der Waals surface area contributed by atoms with E-state index in [1.807, 2.05) is 0 Å². The molecule has 0 spiro atoms. The zero-order valence-electron chi connectivity index (χ0n) is 31.5. The van der Waals surface area contributed by atoms with E-state index in [1.54, 1.807) is 31.0 Å². The van der Waals surface area contributed by atoms with Crippen LogP contribution in [0.3, 0.4) is 0 Å². The van der Waals surface area contributed by atoms with Crippen molar-refractivity contribution in [1.82, 2.24) is 24.4 Å². The van der Waals surface area contributed by atoms with E-state index in [9.17, 15) is 24.0 Å². The van der Waals surface area contributed by atoms with Crippen LogP contribution in [-0.2, 0) is 30.8 Å². The third-order valence-corrected chi connectivity index (χ3v) is 9.31. The molecule has 3 aromatic rings. The molecule has 0 saturated carbocycles. The normalized spacial score (nSPS) is 19.0. The second-order valence-corrected chi connectivity index (χ2v) is 13.2. The second-order valence-electron chi connectivity index (χ2n) is 13.2. The molecule has 2 fully saturated rings. The van der Waals surface area contributed by atoms with Crippen LogP contribution in [0.4, 0.5) is 22.1 Å². The second kappa shape index (κ2) is 18.1. The van der Waals surface area contributed by atoms with Crippen molar-refractivity contribution in [1.29, 1.82) is 0 Å². The fourth-order valence-corrected chi connectivity index (χ4v) is 6.74. The van der Waals surface area contributed by atoms with Crippen LogP contribution in [-0.4, -0.2) is 113 Å². The van der Waals surface area contributed by atoms with Gasteiger partial charge in [0.25, 0.3) is 11.8 Å². The Labute approximate surface area is 322 Å². The molecule has 3 N–H and O–H groups in total. The number of carbonyl (C=O) groups is 5. The average Bonchev–Trinajstić information content (AvgIpc) is 3.95. The Balaban J connectivity index is 1.12. The highest BCUT2D eigenvalue weighted by Crippen LogP contribution is 2.42. The lowest BCUT2D eigenvalue weighted by molar-refractivity contribution is -0.195. The fraction of sp³-hybridized carbons (Fsp3) is 0.486. The number of nitrogens with zero attached hydrogens (tertiary/aromatic N) is 5. The predicted molar refractivity (Wildman–Crippen MR) is 199 cm³/mol. The quantitative estimate of drug-likeness (QED) is 0.113. The van der Waals surface area contributed by atoms with Crippen molar-refractivity contribution in [2.75, 3.05) is 55.6 Å². The Morgan fingerprint density at radius 3 is 2.66 bits per heavy atom. The van der Waals surface area contributed by atoms with E-state index in [2.05, 4.69) is 32.2 Å². The van der Waals surface area contributed by atoms with Crippen LogP contribution in [0, 0.1) is 0 Å². The molecule has 5 heterocycles. The minimum atomic E-state index is -0.902. The Bertz CT molecular complexity index is 1940. The van der Waals surface area contributed by atoms with Gasteiger partial charge in [-0.2, -0.15) is 0 Å². The molecule has 2 unspecified atom stereocenters. The number of aromatic amines is 1. The number of hydrogen-bond acceptors (Lipinski definition) is 13. The zero-order chi connectivity index (χ0) is 39.8. The molecule has 0 aliphatic carbocycles. The number of aryl methyl sites for hydroxylation is 1. The molecule has 300 valence electrons. The number of imidazole rings is 2. The number of anilines is 3. The van der Waals surface area contributed by atoms with Crippen molar-refractivity contribution in [3.8, 4) is 11.5 Å². The summed E-state index contributed by atoms with van der Waals surface area (Å²) in [6.45, 7) is 6.52. The summed E-state index contributed by atoms with van der Waals surface area (Å²) in [6, 6.07) is 2.66. The molecule has 0 bridgehead atoms. The molecule has 2 saturated heterocycles. The molecule has 4 amide bonds.